The highest BCUT2D eigenvalue weighted by Crippen LogP contribution is 2.32. The second kappa shape index (κ2) is 10.6. The van der Waals surface area contributed by atoms with Gasteiger partial charge in [-0.2, -0.15) is 0 Å². The van der Waals surface area contributed by atoms with E-state index in [-0.39, 0.29) is 17.1 Å². The maximum Gasteiger partial charge on any atom is 0.272 e. The minimum atomic E-state index is -0.0867. The largest absolute Gasteiger partial charge is 0.493 e. The molecular weight excluding hydrogens is 492 g/mol. The number of fused-ring (bicyclic) bond motifs is 3. The molecule has 0 saturated heterocycles. The summed E-state index contributed by atoms with van der Waals surface area (Å²) in [6.45, 7) is 0.424. The Labute approximate surface area is 216 Å². The van der Waals surface area contributed by atoms with Crippen LogP contribution in [0.3, 0.4) is 0 Å². The first kappa shape index (κ1) is 24.1. The molecule has 36 heavy (non-hydrogen) atoms. The van der Waals surface area contributed by atoms with Crippen molar-refractivity contribution in [2.75, 3.05) is 20.0 Å². The van der Waals surface area contributed by atoms with Crippen molar-refractivity contribution in [2.45, 2.75) is 18.1 Å². The summed E-state index contributed by atoms with van der Waals surface area (Å²) in [6.07, 6.45) is 0.596. The number of thiophene rings is 1. The van der Waals surface area contributed by atoms with Gasteiger partial charge < -0.3 is 9.47 Å². The maximum atomic E-state index is 13.7. The second-order valence-corrected chi connectivity index (χ2v) is 10.1. The number of nitrogens with zero attached hydrogens (tertiary/aromatic N) is 2. The number of thioether (sulfide) groups is 1. The number of Topliss-reactive ketones (excluding diaryl/α,β-unsaturated/α-hetero) is 1. The lowest BCUT2D eigenvalue weighted by Crippen LogP contribution is -2.24. The zero-order chi connectivity index (χ0) is 25.1. The van der Waals surface area contributed by atoms with Gasteiger partial charge in [0.15, 0.2) is 22.4 Å². The summed E-state index contributed by atoms with van der Waals surface area (Å²) in [6, 6.07) is 22.8. The number of ketones is 1. The molecule has 0 amide bonds. The Kier molecular flexibility index (Phi) is 7.06. The molecule has 3 aromatic carbocycles. The van der Waals surface area contributed by atoms with E-state index in [1.165, 1.54) is 23.1 Å². The Bertz CT molecular complexity index is 1610. The van der Waals surface area contributed by atoms with Crippen molar-refractivity contribution in [1.29, 1.82) is 0 Å². The first-order valence-corrected chi connectivity index (χ1v) is 13.2. The summed E-state index contributed by atoms with van der Waals surface area (Å²) < 4.78 is 14.1. The van der Waals surface area contributed by atoms with Crippen molar-refractivity contribution in [1.82, 2.24) is 9.55 Å². The monoisotopic (exact) mass is 516 g/mol. The number of ether oxygens (including phenoxy) is 2. The fourth-order valence-electron chi connectivity index (χ4n) is 4.08. The highest BCUT2D eigenvalue weighted by atomic mass is 32.2. The van der Waals surface area contributed by atoms with Crippen molar-refractivity contribution in [2.24, 2.45) is 0 Å². The van der Waals surface area contributed by atoms with Crippen molar-refractivity contribution < 1.29 is 14.3 Å². The standard InChI is InChI=1S/C28H24N2O4S2/c1-33-22-13-12-18(16-23(22)34-2)14-15-30-27(32)26-25(20-10-6-7-11-24(20)36-26)29-28(30)35-17-21(31)19-8-4-3-5-9-19/h3-13,16H,14-15,17H2,1-2H3. The summed E-state index contributed by atoms with van der Waals surface area (Å²) in [7, 11) is 3.20. The number of aryl methyl sites for hydroxylation is 1. The third-order valence-electron chi connectivity index (χ3n) is 5.95. The predicted molar refractivity (Wildman–Crippen MR) is 146 cm³/mol. The Balaban J connectivity index is 1.51. The lowest BCUT2D eigenvalue weighted by Gasteiger charge is -2.13. The van der Waals surface area contributed by atoms with Crippen LogP contribution in [0.5, 0.6) is 11.5 Å². The number of carbonyl (C=O) groups excluding carboxylic acids is 1. The summed E-state index contributed by atoms with van der Waals surface area (Å²) in [5.41, 5.74) is 2.26. The molecule has 0 aliphatic heterocycles. The Morgan fingerprint density at radius 1 is 0.972 bits per heavy atom. The van der Waals surface area contributed by atoms with Crippen LogP contribution in [0.15, 0.2) is 82.7 Å². The van der Waals surface area contributed by atoms with Gasteiger partial charge in [-0.1, -0.05) is 66.4 Å². The Hall–Kier alpha value is -3.62. The highest BCUT2D eigenvalue weighted by molar-refractivity contribution is 7.99. The summed E-state index contributed by atoms with van der Waals surface area (Å²) >= 11 is 2.76. The molecule has 0 atom stereocenters. The molecule has 2 aromatic heterocycles. The first-order chi connectivity index (χ1) is 17.6. The van der Waals surface area contributed by atoms with Gasteiger partial charge in [0.25, 0.3) is 5.56 Å². The molecule has 182 valence electrons. The van der Waals surface area contributed by atoms with Crippen LogP contribution < -0.4 is 15.0 Å². The predicted octanol–water partition coefficient (Wildman–Crippen LogP) is 5.85. The van der Waals surface area contributed by atoms with Gasteiger partial charge in [0.1, 0.15) is 4.70 Å². The molecule has 0 radical (unpaired) electrons. The molecule has 5 rings (SSSR count). The van der Waals surface area contributed by atoms with Gasteiger partial charge in [-0.15, -0.1) is 11.3 Å². The normalized spacial score (nSPS) is 11.2. The molecule has 6 nitrogen and oxygen atoms in total. The molecule has 0 aliphatic rings. The topological polar surface area (TPSA) is 70.4 Å². The summed E-state index contributed by atoms with van der Waals surface area (Å²) in [5.74, 6) is 1.49. The molecule has 0 N–H and O–H groups in total. The lowest BCUT2D eigenvalue weighted by atomic mass is 10.1. The molecule has 0 saturated carbocycles. The van der Waals surface area contributed by atoms with Gasteiger partial charge in [0.05, 0.1) is 25.5 Å². The Morgan fingerprint density at radius 2 is 1.72 bits per heavy atom. The van der Waals surface area contributed by atoms with E-state index >= 15 is 0 Å². The van der Waals surface area contributed by atoms with Crippen LogP contribution >= 0.6 is 23.1 Å². The van der Waals surface area contributed by atoms with Crippen LogP contribution in [0, 0.1) is 0 Å². The minimum absolute atomic E-state index is 0.00318. The third kappa shape index (κ3) is 4.74. The molecule has 5 aromatic rings. The number of rotatable bonds is 9. The molecule has 2 heterocycles. The fourth-order valence-corrected chi connectivity index (χ4v) is 6.08. The van der Waals surface area contributed by atoms with E-state index in [2.05, 4.69) is 0 Å². The number of hydrogen-bond donors (Lipinski definition) is 0. The van der Waals surface area contributed by atoms with Gasteiger partial charge >= 0.3 is 0 Å². The van der Waals surface area contributed by atoms with Crippen LogP contribution in [0.25, 0.3) is 20.3 Å². The van der Waals surface area contributed by atoms with Gasteiger partial charge in [-0.25, -0.2) is 4.98 Å². The lowest BCUT2D eigenvalue weighted by molar-refractivity contribution is 0.102. The molecular formula is C28H24N2O4S2. The van der Waals surface area contributed by atoms with Crippen LogP contribution in [0.4, 0.5) is 0 Å². The van der Waals surface area contributed by atoms with Crippen molar-refractivity contribution in [3.05, 3.63) is 94.3 Å². The third-order valence-corrected chi connectivity index (χ3v) is 8.07. The van der Waals surface area contributed by atoms with E-state index < -0.39 is 0 Å². The van der Waals surface area contributed by atoms with Crippen molar-refractivity contribution in [3.8, 4) is 11.5 Å². The van der Waals surface area contributed by atoms with Crippen molar-refractivity contribution in [3.63, 3.8) is 0 Å². The Morgan fingerprint density at radius 3 is 2.50 bits per heavy atom. The van der Waals surface area contributed by atoms with E-state index in [1.54, 1.807) is 30.9 Å². The molecule has 0 aliphatic carbocycles. The quantitative estimate of drug-likeness (QED) is 0.139. The van der Waals surface area contributed by atoms with Crippen LogP contribution in [-0.4, -0.2) is 35.3 Å². The van der Waals surface area contributed by atoms with E-state index in [0.717, 1.165) is 15.6 Å². The van der Waals surface area contributed by atoms with Gasteiger partial charge in [0.2, 0.25) is 0 Å². The number of hydrogen-bond acceptors (Lipinski definition) is 7. The molecule has 8 heteroatoms. The fraction of sp³-hybridized carbons (Fsp3) is 0.179. The average Bonchev–Trinajstić information content (AvgIpc) is 3.30. The summed E-state index contributed by atoms with van der Waals surface area (Å²) in [5, 5.41) is 1.50. The summed E-state index contributed by atoms with van der Waals surface area (Å²) in [4.78, 5) is 31.4. The minimum Gasteiger partial charge on any atom is -0.493 e. The number of benzene rings is 3. The van der Waals surface area contributed by atoms with E-state index in [0.29, 0.717) is 45.4 Å². The SMILES string of the molecule is COc1ccc(CCn2c(SCC(=O)c3ccccc3)nc3c(sc4ccccc43)c2=O)cc1OC. The second-order valence-electron chi connectivity index (χ2n) is 8.14. The molecule has 0 unspecified atom stereocenters. The highest BCUT2D eigenvalue weighted by Gasteiger charge is 2.18. The van der Waals surface area contributed by atoms with Crippen molar-refractivity contribution >= 4 is 49.2 Å². The number of methoxy groups -OCH3 is 2. The number of carbonyl (C=O) groups is 1. The van der Waals surface area contributed by atoms with E-state index in [1.807, 2.05) is 60.7 Å². The van der Waals surface area contributed by atoms with E-state index in [9.17, 15) is 9.59 Å². The van der Waals surface area contributed by atoms with E-state index in [4.69, 9.17) is 14.5 Å². The van der Waals surface area contributed by atoms with Crippen LogP contribution in [-0.2, 0) is 13.0 Å². The zero-order valence-corrected chi connectivity index (χ0v) is 21.5. The van der Waals surface area contributed by atoms with Crippen LogP contribution in [0.1, 0.15) is 15.9 Å². The van der Waals surface area contributed by atoms with Crippen LogP contribution in [0.2, 0.25) is 0 Å². The molecule has 0 bridgehead atoms. The molecule has 0 spiro atoms. The van der Waals surface area contributed by atoms with Gasteiger partial charge in [-0.3, -0.25) is 14.2 Å². The average molecular weight is 517 g/mol. The van der Waals surface area contributed by atoms with Gasteiger partial charge in [0, 0.05) is 22.2 Å². The first-order valence-electron chi connectivity index (χ1n) is 11.4. The number of aromatic nitrogens is 2. The smallest absolute Gasteiger partial charge is 0.272 e. The maximum absolute atomic E-state index is 13.7. The zero-order valence-electron chi connectivity index (χ0n) is 19.9. The molecule has 0 fully saturated rings. The van der Waals surface area contributed by atoms with Gasteiger partial charge in [-0.05, 0) is 30.2 Å².